The molecule has 3 heterocycles. The molecule has 0 radical (unpaired) electrons. The Morgan fingerprint density at radius 3 is 1.83 bits per heavy atom. The fraction of sp³-hybridized carbons (Fsp3) is 0.308. The molecule has 0 saturated heterocycles. The molecule has 0 spiro atoms. The van der Waals surface area contributed by atoms with Gasteiger partial charge in [-0.3, -0.25) is 0 Å². The third-order valence-corrected chi connectivity index (χ3v) is 5.14. The number of hydrogen-bond acceptors (Lipinski definition) is 4. The van der Waals surface area contributed by atoms with E-state index in [0.29, 0.717) is 0 Å². The number of hydrogen-bond donors (Lipinski definition) is 0. The van der Waals surface area contributed by atoms with Crippen molar-refractivity contribution in [2.75, 3.05) is 9.80 Å². The zero-order chi connectivity index (χ0) is 22.3. The third kappa shape index (κ3) is 3.58. The minimum Gasteiger partial charge on any atom is -0.301 e. The maximum absolute atomic E-state index is 4.66. The van der Waals surface area contributed by atoms with Crippen molar-refractivity contribution in [2.45, 2.75) is 53.1 Å². The first kappa shape index (κ1) is 23.1. The molecule has 0 N–H and O–H groups in total. The van der Waals surface area contributed by atoms with Gasteiger partial charge in [-0.05, 0) is 23.8 Å². The van der Waals surface area contributed by atoms with Gasteiger partial charge in [-0.2, -0.15) is 0 Å². The molecule has 5 rings (SSSR count). The van der Waals surface area contributed by atoms with Crippen LogP contribution in [0.25, 0.3) is 0 Å². The molecular formula is C26H34N4. The average Bonchev–Trinajstić information content (AvgIpc) is 3.30. The molecule has 1 atom stereocenters. The summed E-state index contributed by atoms with van der Waals surface area (Å²) in [5, 5.41) is 0. The van der Waals surface area contributed by atoms with Crippen LogP contribution in [-0.2, 0) is 5.41 Å². The van der Waals surface area contributed by atoms with E-state index in [1.807, 2.05) is 33.8 Å². The van der Waals surface area contributed by atoms with E-state index < -0.39 is 0 Å². The molecule has 0 bridgehead atoms. The predicted octanol–water partition coefficient (Wildman–Crippen LogP) is 7.24. The third-order valence-electron chi connectivity index (χ3n) is 5.14. The highest BCUT2D eigenvalue weighted by Gasteiger charge is 2.54. The summed E-state index contributed by atoms with van der Waals surface area (Å²) in [7, 11) is 0. The Morgan fingerprint density at radius 1 is 0.733 bits per heavy atom. The molecule has 2 aliphatic rings. The summed E-state index contributed by atoms with van der Waals surface area (Å²) < 4.78 is 0. The first-order chi connectivity index (χ1) is 14.7. The molecule has 158 valence electrons. The monoisotopic (exact) mass is 402 g/mol. The lowest BCUT2D eigenvalue weighted by Crippen LogP contribution is -2.46. The molecule has 4 heteroatoms. The summed E-state index contributed by atoms with van der Waals surface area (Å²) in [6.07, 6.45) is 3.68. The molecule has 1 aromatic heterocycles. The van der Waals surface area contributed by atoms with Gasteiger partial charge in [-0.25, -0.2) is 9.97 Å². The largest absolute Gasteiger partial charge is 0.301 e. The van der Waals surface area contributed by atoms with Gasteiger partial charge in [0, 0.05) is 29.2 Å². The number of nitrogens with zero attached hydrogens (tertiary/aromatic N) is 4. The van der Waals surface area contributed by atoms with E-state index >= 15 is 0 Å². The van der Waals surface area contributed by atoms with Gasteiger partial charge in [0.1, 0.15) is 6.17 Å². The van der Waals surface area contributed by atoms with Crippen LogP contribution in [-0.4, -0.2) is 16.1 Å². The second kappa shape index (κ2) is 10.1. The van der Waals surface area contributed by atoms with E-state index in [0.717, 1.165) is 17.3 Å². The smallest absolute Gasteiger partial charge is 0.178 e. The Bertz CT molecular complexity index is 922. The highest BCUT2D eigenvalue weighted by atomic mass is 15.5. The van der Waals surface area contributed by atoms with Gasteiger partial charge in [-0.1, -0.05) is 77.9 Å². The lowest BCUT2D eigenvalue weighted by molar-refractivity contribution is 0.449. The normalized spacial score (nSPS) is 16.4. The SMILES string of the molecule is C=C.CC.CC.CC1(C)c2ccccc2N2c3nccnc3N(c3ccccc3)C21. The number of para-hydroxylation sites is 2. The fourth-order valence-corrected chi connectivity index (χ4v) is 4.12. The summed E-state index contributed by atoms with van der Waals surface area (Å²) >= 11 is 0. The number of aromatic nitrogens is 2. The van der Waals surface area contributed by atoms with Crippen LogP contribution < -0.4 is 9.80 Å². The Morgan fingerprint density at radius 2 is 1.23 bits per heavy atom. The van der Waals surface area contributed by atoms with Crippen LogP contribution in [0, 0.1) is 0 Å². The van der Waals surface area contributed by atoms with Crippen molar-refractivity contribution in [2.24, 2.45) is 0 Å². The van der Waals surface area contributed by atoms with E-state index in [-0.39, 0.29) is 11.6 Å². The van der Waals surface area contributed by atoms with Crippen LogP contribution in [0.2, 0.25) is 0 Å². The molecule has 30 heavy (non-hydrogen) atoms. The van der Waals surface area contributed by atoms with E-state index in [4.69, 9.17) is 0 Å². The van der Waals surface area contributed by atoms with Gasteiger partial charge in [-0.15, -0.1) is 13.2 Å². The van der Waals surface area contributed by atoms with E-state index in [2.05, 4.69) is 95.3 Å². The standard InChI is InChI=1S/C20H18N4.2C2H6.C2H4/c1-20(2)15-10-6-7-11-16(15)24-18-17(21-12-13-22-18)23(19(20)24)14-8-4-3-5-9-14;3*1-2/h3-13,19H,1-2H3;2*1-2H3;1-2H2. The molecule has 0 aliphatic carbocycles. The molecule has 0 fully saturated rings. The summed E-state index contributed by atoms with van der Waals surface area (Å²) in [6.45, 7) is 18.6. The van der Waals surface area contributed by atoms with Gasteiger partial charge in [0.15, 0.2) is 11.6 Å². The Kier molecular flexibility index (Phi) is 7.76. The van der Waals surface area contributed by atoms with E-state index in [1.54, 1.807) is 12.4 Å². The zero-order valence-corrected chi connectivity index (χ0v) is 19.1. The van der Waals surface area contributed by atoms with Crippen molar-refractivity contribution in [3.05, 3.63) is 85.7 Å². The maximum Gasteiger partial charge on any atom is 0.178 e. The van der Waals surface area contributed by atoms with Crippen molar-refractivity contribution in [1.82, 2.24) is 9.97 Å². The molecule has 1 unspecified atom stereocenters. The minimum absolute atomic E-state index is 0.0468. The summed E-state index contributed by atoms with van der Waals surface area (Å²) in [5.74, 6) is 1.86. The van der Waals surface area contributed by atoms with Crippen LogP contribution in [0.1, 0.15) is 47.1 Å². The number of rotatable bonds is 1. The first-order valence-electron chi connectivity index (χ1n) is 10.7. The van der Waals surface area contributed by atoms with Gasteiger partial charge < -0.3 is 9.80 Å². The van der Waals surface area contributed by atoms with Crippen LogP contribution in [0.4, 0.5) is 23.0 Å². The van der Waals surface area contributed by atoms with Crippen molar-refractivity contribution >= 4 is 23.0 Å². The molecular weight excluding hydrogens is 368 g/mol. The number of fused-ring (bicyclic) bond motifs is 5. The second-order valence-electron chi connectivity index (χ2n) is 6.89. The van der Waals surface area contributed by atoms with Gasteiger partial charge in [0.2, 0.25) is 0 Å². The molecule has 4 nitrogen and oxygen atoms in total. The Balaban J connectivity index is 0.000000493. The number of anilines is 4. The quantitative estimate of drug-likeness (QED) is 0.402. The zero-order valence-electron chi connectivity index (χ0n) is 19.1. The Hall–Kier alpha value is -3.14. The summed E-state index contributed by atoms with van der Waals surface area (Å²) in [6, 6.07) is 19.1. The summed E-state index contributed by atoms with van der Waals surface area (Å²) in [4.78, 5) is 14.0. The van der Waals surface area contributed by atoms with Crippen molar-refractivity contribution in [1.29, 1.82) is 0 Å². The van der Waals surface area contributed by atoms with Gasteiger partial charge >= 0.3 is 0 Å². The molecule has 3 aromatic rings. The fourth-order valence-electron chi connectivity index (χ4n) is 4.12. The average molecular weight is 403 g/mol. The lowest BCUT2D eigenvalue weighted by atomic mass is 9.83. The van der Waals surface area contributed by atoms with Gasteiger partial charge in [0.25, 0.3) is 0 Å². The second-order valence-corrected chi connectivity index (χ2v) is 6.89. The maximum atomic E-state index is 4.66. The van der Waals surface area contributed by atoms with Crippen LogP contribution in [0.3, 0.4) is 0 Å². The highest BCUT2D eigenvalue weighted by Crippen LogP contribution is 2.57. The topological polar surface area (TPSA) is 32.3 Å². The van der Waals surface area contributed by atoms with Crippen LogP contribution >= 0.6 is 0 Å². The Labute approximate surface area is 181 Å². The van der Waals surface area contributed by atoms with Crippen LogP contribution in [0.15, 0.2) is 80.1 Å². The number of benzene rings is 2. The summed E-state index contributed by atoms with van der Waals surface area (Å²) in [5.41, 5.74) is 3.68. The van der Waals surface area contributed by atoms with Crippen molar-refractivity contribution < 1.29 is 0 Å². The minimum atomic E-state index is -0.0468. The lowest BCUT2D eigenvalue weighted by Gasteiger charge is -2.36. The highest BCUT2D eigenvalue weighted by molar-refractivity contribution is 5.88. The van der Waals surface area contributed by atoms with Crippen LogP contribution in [0.5, 0.6) is 0 Å². The molecule has 2 aromatic carbocycles. The van der Waals surface area contributed by atoms with Crippen molar-refractivity contribution in [3.8, 4) is 0 Å². The molecule has 2 aliphatic heterocycles. The first-order valence-corrected chi connectivity index (χ1v) is 10.7. The van der Waals surface area contributed by atoms with Gasteiger partial charge in [0.05, 0.1) is 0 Å². The predicted molar refractivity (Wildman–Crippen MR) is 130 cm³/mol. The van der Waals surface area contributed by atoms with E-state index in [1.165, 1.54) is 11.3 Å². The van der Waals surface area contributed by atoms with Crippen molar-refractivity contribution in [3.63, 3.8) is 0 Å². The van der Waals surface area contributed by atoms with E-state index in [9.17, 15) is 0 Å². The molecule has 0 amide bonds. The molecule has 0 saturated carbocycles.